The SMILES string of the molecule is CCN=C1C(=O)N(C)C(C)C1C. The van der Waals surface area contributed by atoms with Crippen molar-refractivity contribution in [1.82, 2.24) is 4.90 Å². The molecule has 0 saturated carbocycles. The molecule has 2 atom stereocenters. The van der Waals surface area contributed by atoms with E-state index in [1.165, 1.54) is 0 Å². The Labute approximate surface area is 73.5 Å². The molecule has 3 heteroatoms. The first-order valence-electron chi connectivity index (χ1n) is 4.41. The van der Waals surface area contributed by atoms with Gasteiger partial charge in [-0.1, -0.05) is 6.92 Å². The molecule has 0 bridgehead atoms. The standard InChI is InChI=1S/C9H16N2O/c1-5-10-8-6(2)7(3)11(4)9(8)12/h6-7H,5H2,1-4H3. The van der Waals surface area contributed by atoms with Gasteiger partial charge >= 0.3 is 0 Å². The van der Waals surface area contributed by atoms with Crippen molar-refractivity contribution in [3.63, 3.8) is 0 Å². The zero-order valence-corrected chi connectivity index (χ0v) is 8.16. The fourth-order valence-electron chi connectivity index (χ4n) is 1.51. The maximum Gasteiger partial charge on any atom is 0.268 e. The van der Waals surface area contributed by atoms with Crippen LogP contribution in [0.1, 0.15) is 20.8 Å². The molecule has 0 aliphatic carbocycles. The number of aliphatic imine (C=N–C) groups is 1. The number of nitrogens with zero attached hydrogens (tertiary/aromatic N) is 2. The molecule has 0 radical (unpaired) electrons. The van der Waals surface area contributed by atoms with Crippen LogP contribution in [-0.4, -0.2) is 36.2 Å². The molecule has 1 fully saturated rings. The molecule has 2 unspecified atom stereocenters. The summed E-state index contributed by atoms with van der Waals surface area (Å²) in [7, 11) is 1.84. The van der Waals surface area contributed by atoms with Crippen molar-refractivity contribution >= 4 is 11.6 Å². The first kappa shape index (κ1) is 9.23. The minimum Gasteiger partial charge on any atom is -0.337 e. The van der Waals surface area contributed by atoms with Gasteiger partial charge in [0.05, 0.1) is 0 Å². The van der Waals surface area contributed by atoms with Crippen LogP contribution in [0.25, 0.3) is 0 Å². The summed E-state index contributed by atoms with van der Waals surface area (Å²) in [6.45, 7) is 6.77. The quantitative estimate of drug-likeness (QED) is 0.573. The molecular formula is C9H16N2O. The lowest BCUT2D eigenvalue weighted by atomic mass is 10.0. The summed E-state index contributed by atoms with van der Waals surface area (Å²) in [4.78, 5) is 17.5. The summed E-state index contributed by atoms with van der Waals surface area (Å²) in [5.41, 5.74) is 0.743. The molecular weight excluding hydrogens is 152 g/mol. The second-order valence-electron chi connectivity index (χ2n) is 3.30. The van der Waals surface area contributed by atoms with Crippen LogP contribution in [0.2, 0.25) is 0 Å². The Kier molecular flexibility index (Phi) is 2.50. The summed E-state index contributed by atoms with van der Waals surface area (Å²) in [5, 5.41) is 0. The molecule has 0 N–H and O–H groups in total. The van der Waals surface area contributed by atoms with Crippen molar-refractivity contribution in [2.75, 3.05) is 13.6 Å². The fraction of sp³-hybridized carbons (Fsp3) is 0.778. The maximum absolute atomic E-state index is 11.5. The van der Waals surface area contributed by atoms with Gasteiger partial charge in [0.15, 0.2) is 0 Å². The molecule has 12 heavy (non-hydrogen) atoms. The van der Waals surface area contributed by atoms with Crippen LogP contribution in [-0.2, 0) is 4.79 Å². The van der Waals surface area contributed by atoms with Crippen LogP contribution in [0.5, 0.6) is 0 Å². The normalized spacial score (nSPS) is 33.5. The first-order chi connectivity index (χ1) is 5.59. The van der Waals surface area contributed by atoms with Gasteiger partial charge in [-0.25, -0.2) is 0 Å². The molecule has 1 rings (SSSR count). The highest BCUT2D eigenvalue weighted by molar-refractivity contribution is 6.41. The van der Waals surface area contributed by atoms with Crippen LogP contribution < -0.4 is 0 Å². The molecule has 0 spiro atoms. The van der Waals surface area contributed by atoms with Crippen LogP contribution in [0.15, 0.2) is 4.99 Å². The number of carbonyl (C=O) groups is 1. The molecule has 0 aromatic rings. The van der Waals surface area contributed by atoms with E-state index in [4.69, 9.17) is 0 Å². The van der Waals surface area contributed by atoms with E-state index >= 15 is 0 Å². The third-order valence-corrected chi connectivity index (χ3v) is 2.63. The van der Waals surface area contributed by atoms with E-state index in [9.17, 15) is 4.79 Å². The second kappa shape index (κ2) is 3.25. The van der Waals surface area contributed by atoms with E-state index < -0.39 is 0 Å². The van der Waals surface area contributed by atoms with E-state index in [0.717, 1.165) is 5.71 Å². The van der Waals surface area contributed by atoms with Gasteiger partial charge in [-0.05, 0) is 13.8 Å². The molecule has 0 aromatic heterocycles. The number of likely N-dealkylation sites (tertiary alicyclic amines) is 1. The Balaban J connectivity index is 2.91. The maximum atomic E-state index is 11.5. The molecule has 0 aromatic carbocycles. The fourth-order valence-corrected chi connectivity index (χ4v) is 1.51. The van der Waals surface area contributed by atoms with Gasteiger partial charge < -0.3 is 4.90 Å². The summed E-state index contributed by atoms with van der Waals surface area (Å²) in [6.07, 6.45) is 0. The van der Waals surface area contributed by atoms with Crippen molar-refractivity contribution in [2.24, 2.45) is 10.9 Å². The number of carbonyl (C=O) groups excluding carboxylic acids is 1. The predicted octanol–water partition coefficient (Wildman–Crippen LogP) is 0.944. The molecule has 1 amide bonds. The summed E-state index contributed by atoms with van der Waals surface area (Å²) < 4.78 is 0. The zero-order valence-electron chi connectivity index (χ0n) is 8.16. The summed E-state index contributed by atoms with van der Waals surface area (Å²) in [6, 6.07) is 0.294. The highest BCUT2D eigenvalue weighted by Gasteiger charge is 2.37. The molecule has 1 aliphatic rings. The average molecular weight is 168 g/mol. The average Bonchev–Trinajstić information content (AvgIpc) is 2.23. The van der Waals surface area contributed by atoms with Crippen molar-refractivity contribution in [3.05, 3.63) is 0 Å². The minimum absolute atomic E-state index is 0.0943. The lowest BCUT2D eigenvalue weighted by molar-refractivity contribution is -0.122. The molecule has 68 valence electrons. The van der Waals surface area contributed by atoms with Crippen LogP contribution in [0.3, 0.4) is 0 Å². The lowest BCUT2D eigenvalue weighted by Crippen LogP contribution is -2.28. The molecule has 3 nitrogen and oxygen atoms in total. The molecule has 1 saturated heterocycles. The van der Waals surface area contributed by atoms with Crippen molar-refractivity contribution in [1.29, 1.82) is 0 Å². The van der Waals surface area contributed by atoms with Gasteiger partial charge in [0.2, 0.25) is 0 Å². The van der Waals surface area contributed by atoms with Crippen LogP contribution >= 0.6 is 0 Å². The highest BCUT2D eigenvalue weighted by atomic mass is 16.2. The number of hydrogen-bond donors (Lipinski definition) is 0. The van der Waals surface area contributed by atoms with Crippen molar-refractivity contribution in [3.8, 4) is 0 Å². The third-order valence-electron chi connectivity index (χ3n) is 2.63. The smallest absolute Gasteiger partial charge is 0.268 e. The number of rotatable bonds is 1. The number of hydrogen-bond acceptors (Lipinski definition) is 2. The Bertz CT molecular complexity index is 223. The predicted molar refractivity (Wildman–Crippen MR) is 49.4 cm³/mol. The van der Waals surface area contributed by atoms with E-state index in [-0.39, 0.29) is 11.8 Å². The van der Waals surface area contributed by atoms with Gasteiger partial charge in [0, 0.05) is 25.6 Å². The van der Waals surface area contributed by atoms with Crippen LogP contribution in [0, 0.1) is 5.92 Å². The van der Waals surface area contributed by atoms with Gasteiger partial charge in [-0.2, -0.15) is 0 Å². The lowest BCUT2D eigenvalue weighted by Gasteiger charge is -2.15. The number of amides is 1. The van der Waals surface area contributed by atoms with Gasteiger partial charge in [0.25, 0.3) is 5.91 Å². The van der Waals surface area contributed by atoms with Gasteiger partial charge in [0.1, 0.15) is 5.71 Å². The van der Waals surface area contributed by atoms with E-state index in [2.05, 4.69) is 18.8 Å². The van der Waals surface area contributed by atoms with Crippen molar-refractivity contribution in [2.45, 2.75) is 26.8 Å². The van der Waals surface area contributed by atoms with Gasteiger partial charge in [-0.3, -0.25) is 9.79 Å². The summed E-state index contributed by atoms with van der Waals surface area (Å²) in [5.74, 6) is 0.374. The summed E-state index contributed by atoms with van der Waals surface area (Å²) >= 11 is 0. The Morgan fingerprint density at radius 3 is 2.42 bits per heavy atom. The first-order valence-corrected chi connectivity index (χ1v) is 4.41. The second-order valence-corrected chi connectivity index (χ2v) is 3.30. The molecule has 1 aliphatic heterocycles. The Morgan fingerprint density at radius 2 is 2.08 bits per heavy atom. The Morgan fingerprint density at radius 1 is 1.50 bits per heavy atom. The highest BCUT2D eigenvalue weighted by Crippen LogP contribution is 2.20. The van der Waals surface area contributed by atoms with Crippen molar-refractivity contribution < 1.29 is 4.79 Å². The third kappa shape index (κ3) is 1.24. The van der Waals surface area contributed by atoms with E-state index in [1.807, 2.05) is 14.0 Å². The van der Waals surface area contributed by atoms with E-state index in [0.29, 0.717) is 12.6 Å². The van der Waals surface area contributed by atoms with Crippen LogP contribution in [0.4, 0.5) is 0 Å². The minimum atomic E-state index is 0.0943. The topological polar surface area (TPSA) is 32.7 Å². The monoisotopic (exact) mass is 168 g/mol. The van der Waals surface area contributed by atoms with E-state index in [1.54, 1.807) is 4.90 Å². The molecule has 1 heterocycles. The Hall–Kier alpha value is -0.860. The largest absolute Gasteiger partial charge is 0.337 e. The van der Waals surface area contributed by atoms with Gasteiger partial charge in [-0.15, -0.1) is 0 Å². The zero-order chi connectivity index (χ0) is 9.30.